The van der Waals surface area contributed by atoms with E-state index in [1.165, 1.54) is 11.8 Å². The molecule has 0 aliphatic carbocycles. The first-order chi connectivity index (χ1) is 5.29. The molecule has 0 atom stereocenters. The summed E-state index contributed by atoms with van der Waals surface area (Å²) in [5, 5.41) is 0.146. The first-order valence-corrected chi connectivity index (χ1v) is 4.32. The van der Waals surface area contributed by atoms with Gasteiger partial charge in [0.2, 0.25) is 5.12 Å². The maximum absolute atomic E-state index is 11.1. The smallest absolute Gasteiger partial charge is 0.220 e. The fourth-order valence-electron chi connectivity index (χ4n) is 1.17. The molecule has 1 aliphatic heterocycles. The van der Waals surface area contributed by atoms with Crippen LogP contribution < -0.4 is 5.73 Å². The zero-order valence-corrected chi connectivity index (χ0v) is 7.87. The summed E-state index contributed by atoms with van der Waals surface area (Å²) in [5.41, 5.74) is 8.19. The zero-order chi connectivity index (χ0) is 7.84. The lowest BCUT2D eigenvalue weighted by atomic mass is 10.1. The molecule has 1 aromatic rings. The average molecular weight is 202 g/mol. The van der Waals surface area contributed by atoms with Gasteiger partial charge in [0.15, 0.2) is 0 Å². The summed E-state index contributed by atoms with van der Waals surface area (Å²) in [4.78, 5) is 11.1. The fourth-order valence-corrected chi connectivity index (χ4v) is 2.12. The van der Waals surface area contributed by atoms with Gasteiger partial charge < -0.3 is 5.73 Å². The molecule has 2 N–H and O–H groups in total. The third-order valence-corrected chi connectivity index (χ3v) is 2.69. The number of hydrogen-bond donors (Lipinski definition) is 1. The number of carbonyl (C=O) groups excluding carboxylic acids is 1. The van der Waals surface area contributed by atoms with Crippen LogP contribution in [0.25, 0.3) is 0 Å². The first-order valence-electron chi connectivity index (χ1n) is 3.33. The van der Waals surface area contributed by atoms with Crippen molar-refractivity contribution in [3.63, 3.8) is 0 Å². The van der Waals surface area contributed by atoms with Crippen molar-refractivity contribution in [3.05, 3.63) is 29.3 Å². The van der Waals surface area contributed by atoms with Gasteiger partial charge in [-0.1, -0.05) is 23.9 Å². The van der Waals surface area contributed by atoms with E-state index in [1.54, 1.807) is 0 Å². The summed E-state index contributed by atoms with van der Waals surface area (Å²) < 4.78 is 0. The van der Waals surface area contributed by atoms with Crippen LogP contribution in [-0.4, -0.2) is 5.12 Å². The minimum Gasteiger partial charge on any atom is -0.398 e. The molecule has 1 heterocycles. The molecule has 0 saturated heterocycles. The average Bonchev–Trinajstić information content (AvgIpc) is 2.35. The summed E-state index contributed by atoms with van der Waals surface area (Å²) in [6.45, 7) is 0. The molecule has 0 radical (unpaired) electrons. The van der Waals surface area contributed by atoms with Crippen LogP contribution in [-0.2, 0) is 5.75 Å². The Morgan fingerprint density at radius 1 is 1.42 bits per heavy atom. The first kappa shape index (κ1) is 9.42. The normalized spacial score (nSPS) is 13.8. The van der Waals surface area contributed by atoms with E-state index in [0.717, 1.165) is 22.6 Å². The van der Waals surface area contributed by atoms with Crippen LogP contribution in [0.4, 0.5) is 5.69 Å². The van der Waals surface area contributed by atoms with Gasteiger partial charge >= 0.3 is 0 Å². The predicted octanol–water partition coefficient (Wildman–Crippen LogP) is 2.08. The third kappa shape index (κ3) is 1.30. The number of rotatable bonds is 0. The van der Waals surface area contributed by atoms with Crippen LogP contribution >= 0.6 is 24.2 Å². The molecule has 1 aromatic carbocycles. The van der Waals surface area contributed by atoms with Crippen molar-refractivity contribution in [1.29, 1.82) is 0 Å². The second kappa shape index (κ2) is 3.37. The molecular weight excluding hydrogens is 194 g/mol. The molecule has 0 bridgehead atoms. The Kier molecular flexibility index (Phi) is 2.65. The Morgan fingerprint density at radius 3 is 2.83 bits per heavy atom. The molecule has 2 nitrogen and oxygen atoms in total. The van der Waals surface area contributed by atoms with Crippen molar-refractivity contribution in [1.82, 2.24) is 0 Å². The van der Waals surface area contributed by atoms with Gasteiger partial charge in [-0.05, 0) is 11.6 Å². The Balaban J connectivity index is 0.000000720. The number of carbonyl (C=O) groups is 1. The highest BCUT2D eigenvalue weighted by Gasteiger charge is 2.21. The van der Waals surface area contributed by atoms with Gasteiger partial charge in [0.05, 0.1) is 0 Å². The lowest BCUT2D eigenvalue weighted by molar-refractivity contribution is 0.109. The topological polar surface area (TPSA) is 43.1 Å². The van der Waals surface area contributed by atoms with E-state index in [1.807, 2.05) is 18.2 Å². The standard InChI is InChI=1S/C8H7NOS.ClH/c9-7-3-1-2-5-6(7)4-11-8(5)10;/h1-3H,4,9H2;1H. The minimum atomic E-state index is 0. The SMILES string of the molecule is Cl.Nc1cccc2c1CSC2=O. The number of thioether (sulfide) groups is 1. The summed E-state index contributed by atoms with van der Waals surface area (Å²) in [5.74, 6) is 0.737. The quantitative estimate of drug-likeness (QED) is 0.654. The van der Waals surface area contributed by atoms with E-state index in [-0.39, 0.29) is 17.5 Å². The number of halogens is 1. The predicted molar refractivity (Wildman–Crippen MR) is 53.7 cm³/mol. The molecule has 0 saturated carbocycles. The molecule has 2 rings (SSSR count). The molecule has 0 fully saturated rings. The molecule has 0 unspecified atom stereocenters. The van der Waals surface area contributed by atoms with E-state index in [9.17, 15) is 4.79 Å². The highest BCUT2D eigenvalue weighted by atomic mass is 35.5. The van der Waals surface area contributed by atoms with Crippen molar-refractivity contribution in [3.8, 4) is 0 Å². The van der Waals surface area contributed by atoms with Crippen molar-refractivity contribution in [2.45, 2.75) is 5.75 Å². The Labute approximate surface area is 80.9 Å². The summed E-state index contributed by atoms with van der Waals surface area (Å²) >= 11 is 1.32. The molecule has 64 valence electrons. The molecule has 0 spiro atoms. The Morgan fingerprint density at radius 2 is 2.17 bits per heavy atom. The van der Waals surface area contributed by atoms with E-state index >= 15 is 0 Å². The van der Waals surface area contributed by atoms with Gasteiger partial charge in [-0.15, -0.1) is 12.4 Å². The fraction of sp³-hybridized carbons (Fsp3) is 0.125. The van der Waals surface area contributed by atoms with Crippen LogP contribution in [0, 0.1) is 0 Å². The van der Waals surface area contributed by atoms with Crippen LogP contribution in [0.1, 0.15) is 15.9 Å². The number of hydrogen-bond acceptors (Lipinski definition) is 3. The summed E-state index contributed by atoms with van der Waals surface area (Å²) in [6.07, 6.45) is 0. The van der Waals surface area contributed by atoms with Gasteiger partial charge in [-0.3, -0.25) is 4.79 Å². The number of nitrogen functional groups attached to an aromatic ring is 1. The van der Waals surface area contributed by atoms with E-state index < -0.39 is 0 Å². The minimum absolute atomic E-state index is 0. The van der Waals surface area contributed by atoms with Crippen molar-refractivity contribution >= 4 is 35.0 Å². The van der Waals surface area contributed by atoms with Gasteiger partial charge in [-0.25, -0.2) is 0 Å². The molecule has 0 aromatic heterocycles. The van der Waals surface area contributed by atoms with Crippen LogP contribution in [0.2, 0.25) is 0 Å². The number of nitrogens with two attached hydrogens (primary N) is 1. The van der Waals surface area contributed by atoms with E-state index in [0.29, 0.717) is 0 Å². The van der Waals surface area contributed by atoms with Gasteiger partial charge in [0.1, 0.15) is 0 Å². The summed E-state index contributed by atoms with van der Waals surface area (Å²) in [6, 6.07) is 5.48. The lowest BCUT2D eigenvalue weighted by Gasteiger charge is -1.98. The molecule has 4 heteroatoms. The number of anilines is 1. The lowest BCUT2D eigenvalue weighted by Crippen LogP contribution is -1.93. The van der Waals surface area contributed by atoms with E-state index in [2.05, 4.69) is 0 Å². The monoisotopic (exact) mass is 201 g/mol. The molecular formula is C8H8ClNOS. The van der Waals surface area contributed by atoms with Crippen molar-refractivity contribution < 1.29 is 4.79 Å². The highest BCUT2D eigenvalue weighted by molar-refractivity contribution is 8.13. The van der Waals surface area contributed by atoms with Crippen molar-refractivity contribution in [2.75, 3.05) is 5.73 Å². The largest absolute Gasteiger partial charge is 0.398 e. The van der Waals surface area contributed by atoms with Crippen molar-refractivity contribution in [2.24, 2.45) is 0 Å². The van der Waals surface area contributed by atoms with Crippen LogP contribution in [0.5, 0.6) is 0 Å². The Hall–Kier alpha value is -0.670. The summed E-state index contributed by atoms with van der Waals surface area (Å²) in [7, 11) is 0. The van der Waals surface area contributed by atoms with Crippen LogP contribution in [0.3, 0.4) is 0 Å². The maximum Gasteiger partial charge on any atom is 0.220 e. The second-order valence-corrected chi connectivity index (χ2v) is 3.40. The zero-order valence-electron chi connectivity index (χ0n) is 6.24. The van der Waals surface area contributed by atoms with Gasteiger partial charge in [0.25, 0.3) is 0 Å². The Bertz CT molecular complexity index is 327. The molecule has 1 aliphatic rings. The van der Waals surface area contributed by atoms with Crippen LogP contribution in [0.15, 0.2) is 18.2 Å². The second-order valence-electron chi connectivity index (χ2n) is 2.45. The van der Waals surface area contributed by atoms with Gasteiger partial charge in [-0.2, -0.15) is 0 Å². The number of benzene rings is 1. The maximum atomic E-state index is 11.1. The third-order valence-electron chi connectivity index (χ3n) is 1.78. The van der Waals surface area contributed by atoms with Gasteiger partial charge in [0, 0.05) is 17.0 Å². The van der Waals surface area contributed by atoms with E-state index in [4.69, 9.17) is 5.73 Å². The highest BCUT2D eigenvalue weighted by Crippen LogP contribution is 2.32. The number of fused-ring (bicyclic) bond motifs is 1. The molecule has 12 heavy (non-hydrogen) atoms. The molecule has 0 amide bonds.